The van der Waals surface area contributed by atoms with Crippen molar-refractivity contribution in [2.45, 2.75) is 264 Å². The summed E-state index contributed by atoms with van der Waals surface area (Å²) in [6, 6.07) is 0. The normalized spacial score (nSPS) is 12.8. The molecule has 0 rings (SSSR count). The van der Waals surface area contributed by atoms with Gasteiger partial charge in [-0.1, -0.05) is 214 Å². The van der Waals surface area contributed by atoms with E-state index in [-0.39, 0.29) is 31.1 Å². The Morgan fingerprint density at radius 3 is 0.971 bits per heavy atom. The number of ether oxygens (including phenoxy) is 3. The summed E-state index contributed by atoms with van der Waals surface area (Å²) in [6.07, 6.45) is 73.9. The molecule has 0 aromatic heterocycles. The summed E-state index contributed by atoms with van der Waals surface area (Å²) in [4.78, 5) is 38.1. The van der Waals surface area contributed by atoms with Gasteiger partial charge < -0.3 is 14.2 Å². The fraction of sp³-hybridized carbons (Fsp3) is 0.694. The van der Waals surface area contributed by atoms with Crippen LogP contribution in [0.15, 0.2) is 97.2 Å². The van der Waals surface area contributed by atoms with Crippen LogP contribution in [0.3, 0.4) is 0 Å². The minimum Gasteiger partial charge on any atom is -0.462 e. The molecule has 0 aliphatic heterocycles. The van der Waals surface area contributed by atoms with Crippen molar-refractivity contribution in [2.75, 3.05) is 13.2 Å². The fourth-order valence-electron chi connectivity index (χ4n) is 7.55. The lowest BCUT2D eigenvalue weighted by molar-refractivity contribution is -0.167. The van der Waals surface area contributed by atoms with Gasteiger partial charge in [0.2, 0.25) is 0 Å². The summed E-state index contributed by atoms with van der Waals surface area (Å²) in [6.45, 7) is 6.44. The Morgan fingerprint density at radius 1 is 0.309 bits per heavy atom. The summed E-state index contributed by atoms with van der Waals surface area (Å²) < 4.78 is 16.8. The second kappa shape index (κ2) is 55.9. The highest BCUT2D eigenvalue weighted by Crippen LogP contribution is 2.14. The zero-order valence-electron chi connectivity index (χ0n) is 44.3. The van der Waals surface area contributed by atoms with E-state index in [1.165, 1.54) is 96.3 Å². The van der Waals surface area contributed by atoms with E-state index in [2.05, 4.69) is 118 Å². The summed E-state index contributed by atoms with van der Waals surface area (Å²) in [5.74, 6) is -0.963. The number of unbranched alkanes of at least 4 members (excludes halogenated alkanes) is 23. The number of carbonyl (C=O) groups excluding carboxylic acids is 3. The smallest absolute Gasteiger partial charge is 0.306 e. The number of carbonyl (C=O) groups is 3. The van der Waals surface area contributed by atoms with Crippen molar-refractivity contribution < 1.29 is 28.6 Å². The minimum atomic E-state index is -0.806. The summed E-state index contributed by atoms with van der Waals surface area (Å²) in [5, 5.41) is 0. The zero-order chi connectivity index (χ0) is 49.3. The van der Waals surface area contributed by atoms with Gasteiger partial charge in [-0.05, 0) is 122 Å². The van der Waals surface area contributed by atoms with Crippen molar-refractivity contribution in [3.8, 4) is 0 Å². The summed E-state index contributed by atoms with van der Waals surface area (Å²) >= 11 is 0. The molecule has 6 heteroatoms. The monoisotopic (exact) mass is 945 g/mol. The molecule has 0 fully saturated rings. The molecule has 0 spiro atoms. The Bertz CT molecular complexity index is 1360. The Hall–Kier alpha value is -3.67. The van der Waals surface area contributed by atoms with Gasteiger partial charge in [0.15, 0.2) is 6.10 Å². The third-order valence-electron chi connectivity index (χ3n) is 11.8. The molecule has 0 aliphatic rings. The Kier molecular flexibility index (Phi) is 52.9. The van der Waals surface area contributed by atoms with Crippen molar-refractivity contribution in [2.24, 2.45) is 0 Å². The molecule has 0 aromatic rings. The molecule has 1 atom stereocenters. The molecule has 0 radical (unpaired) electrons. The van der Waals surface area contributed by atoms with Crippen LogP contribution < -0.4 is 0 Å². The molecule has 0 heterocycles. The molecule has 0 N–H and O–H groups in total. The summed E-state index contributed by atoms with van der Waals surface area (Å²) in [7, 11) is 0. The van der Waals surface area contributed by atoms with E-state index in [1.807, 2.05) is 0 Å². The minimum absolute atomic E-state index is 0.102. The molecule has 0 aliphatic carbocycles. The number of esters is 3. The third-order valence-corrected chi connectivity index (χ3v) is 11.8. The lowest BCUT2D eigenvalue weighted by Gasteiger charge is -2.18. The fourth-order valence-corrected chi connectivity index (χ4v) is 7.55. The quantitative estimate of drug-likeness (QED) is 0.0262. The average molecular weight is 946 g/mol. The van der Waals surface area contributed by atoms with Crippen molar-refractivity contribution >= 4 is 17.9 Å². The molecular weight excluding hydrogens is 841 g/mol. The number of hydrogen-bond acceptors (Lipinski definition) is 6. The highest BCUT2D eigenvalue weighted by atomic mass is 16.6. The van der Waals surface area contributed by atoms with Crippen LogP contribution >= 0.6 is 0 Å². The van der Waals surface area contributed by atoms with Gasteiger partial charge in [-0.15, -0.1) is 0 Å². The lowest BCUT2D eigenvalue weighted by Crippen LogP contribution is -2.30. The second-order valence-electron chi connectivity index (χ2n) is 18.5. The van der Waals surface area contributed by atoms with Gasteiger partial charge in [0.25, 0.3) is 0 Å². The third kappa shape index (κ3) is 53.3. The van der Waals surface area contributed by atoms with E-state index in [0.29, 0.717) is 19.3 Å². The molecule has 0 bridgehead atoms. The van der Waals surface area contributed by atoms with E-state index in [1.54, 1.807) is 0 Å². The molecule has 6 nitrogen and oxygen atoms in total. The first kappa shape index (κ1) is 64.3. The molecule has 68 heavy (non-hydrogen) atoms. The van der Waals surface area contributed by atoms with Crippen LogP contribution in [0.5, 0.6) is 0 Å². The Labute approximate surface area is 419 Å². The second-order valence-corrected chi connectivity index (χ2v) is 18.5. The van der Waals surface area contributed by atoms with Crippen molar-refractivity contribution in [3.05, 3.63) is 97.2 Å². The molecule has 388 valence electrons. The van der Waals surface area contributed by atoms with Gasteiger partial charge in [-0.3, -0.25) is 14.4 Å². The van der Waals surface area contributed by atoms with Gasteiger partial charge in [0, 0.05) is 19.3 Å². The first-order chi connectivity index (χ1) is 33.5. The van der Waals surface area contributed by atoms with Gasteiger partial charge >= 0.3 is 17.9 Å². The highest BCUT2D eigenvalue weighted by molar-refractivity contribution is 5.71. The van der Waals surface area contributed by atoms with E-state index in [9.17, 15) is 14.4 Å². The van der Waals surface area contributed by atoms with Gasteiger partial charge in [0.1, 0.15) is 13.2 Å². The lowest BCUT2D eigenvalue weighted by atomic mass is 10.1. The predicted octanol–water partition coefficient (Wildman–Crippen LogP) is 18.9. The Balaban J connectivity index is 4.48. The maximum atomic E-state index is 12.8. The number of hydrogen-bond donors (Lipinski definition) is 0. The van der Waals surface area contributed by atoms with Crippen molar-refractivity contribution in [1.82, 2.24) is 0 Å². The van der Waals surface area contributed by atoms with E-state index in [4.69, 9.17) is 14.2 Å². The maximum absolute atomic E-state index is 12.8. The maximum Gasteiger partial charge on any atom is 0.306 e. The van der Waals surface area contributed by atoms with E-state index < -0.39 is 6.10 Å². The topological polar surface area (TPSA) is 78.9 Å². The standard InChI is InChI=1S/C62H104O6/c1-4-7-10-13-16-19-22-25-28-30-31-32-35-37-40-43-46-49-52-55-61(64)67-58-59(57-66-60(63)54-51-48-45-42-39-36-33-27-24-21-18-15-12-9-6-3)68-62(65)56-53-50-47-44-41-38-34-29-26-23-20-17-14-11-8-5-2/h9,12,16,18-19,21,25,27-29,31-34,39,42,59H,4-8,10-11,13-15,17,20,22-24,26,30,35-38,40-41,43-58H2,1-3H3/b12-9-,19-16-,21-18-,28-25-,32-31-,33-27-,34-29-,42-39-/t59-/m1/s1. The average Bonchev–Trinajstić information content (AvgIpc) is 3.34. The molecular formula is C62H104O6. The first-order valence-electron chi connectivity index (χ1n) is 28.2. The van der Waals surface area contributed by atoms with Crippen molar-refractivity contribution in [3.63, 3.8) is 0 Å². The van der Waals surface area contributed by atoms with Crippen LogP contribution in [-0.2, 0) is 28.6 Å². The van der Waals surface area contributed by atoms with Crippen LogP contribution in [-0.4, -0.2) is 37.2 Å². The van der Waals surface area contributed by atoms with Crippen LogP contribution in [0.25, 0.3) is 0 Å². The van der Waals surface area contributed by atoms with Crippen molar-refractivity contribution in [1.29, 1.82) is 0 Å². The van der Waals surface area contributed by atoms with Crippen LogP contribution in [0.1, 0.15) is 258 Å². The predicted molar refractivity (Wildman–Crippen MR) is 293 cm³/mol. The number of allylic oxidation sites excluding steroid dienone is 16. The van der Waals surface area contributed by atoms with Crippen LogP contribution in [0.4, 0.5) is 0 Å². The van der Waals surface area contributed by atoms with Gasteiger partial charge in [-0.2, -0.15) is 0 Å². The molecule has 0 amide bonds. The van der Waals surface area contributed by atoms with E-state index >= 15 is 0 Å². The highest BCUT2D eigenvalue weighted by Gasteiger charge is 2.19. The zero-order valence-corrected chi connectivity index (χ0v) is 44.3. The largest absolute Gasteiger partial charge is 0.462 e. The number of rotatable bonds is 50. The molecule has 0 saturated carbocycles. The SMILES string of the molecule is CC/C=C\C/C=C\C/C=C\C/C=C\CCCCC(=O)OC[C@H](COC(=O)CCCCCCCC/C=C\C/C=C\C/C=C\CCCCC)OC(=O)CCCCCCC/C=C\CCCCCCCCC. The molecule has 0 saturated heterocycles. The molecule has 0 unspecified atom stereocenters. The summed E-state index contributed by atoms with van der Waals surface area (Å²) in [5.41, 5.74) is 0. The first-order valence-corrected chi connectivity index (χ1v) is 28.2. The van der Waals surface area contributed by atoms with Gasteiger partial charge in [-0.25, -0.2) is 0 Å². The molecule has 0 aromatic carbocycles. The van der Waals surface area contributed by atoms with E-state index in [0.717, 1.165) is 122 Å². The van der Waals surface area contributed by atoms with Gasteiger partial charge in [0.05, 0.1) is 0 Å². The van der Waals surface area contributed by atoms with Crippen LogP contribution in [0.2, 0.25) is 0 Å². The van der Waals surface area contributed by atoms with Crippen LogP contribution in [0, 0.1) is 0 Å². The Morgan fingerprint density at radius 2 is 0.574 bits per heavy atom.